The van der Waals surface area contributed by atoms with Gasteiger partial charge < -0.3 is 10.1 Å². The number of hydrogen-bond acceptors (Lipinski definition) is 5. The van der Waals surface area contributed by atoms with Crippen LogP contribution in [0.5, 0.6) is 5.75 Å². The number of carbonyl (C=O) groups is 1. The first-order valence-corrected chi connectivity index (χ1v) is 8.52. The summed E-state index contributed by atoms with van der Waals surface area (Å²) in [5.41, 5.74) is 2.42. The molecule has 8 nitrogen and oxygen atoms in total. The Morgan fingerprint density at radius 3 is 2.85 bits per heavy atom. The van der Waals surface area contributed by atoms with Crippen molar-refractivity contribution in [2.24, 2.45) is 0 Å². The van der Waals surface area contributed by atoms with E-state index >= 15 is 0 Å². The Morgan fingerprint density at radius 1 is 1.30 bits per heavy atom. The van der Waals surface area contributed by atoms with Crippen LogP contribution >= 0.6 is 0 Å². The molecule has 0 aliphatic carbocycles. The molecule has 1 amide bonds. The van der Waals surface area contributed by atoms with Crippen LogP contribution in [0, 0.1) is 13.8 Å². The highest BCUT2D eigenvalue weighted by molar-refractivity contribution is 5.95. The second kappa shape index (κ2) is 7.86. The number of carbonyl (C=O) groups excluding carboxylic acids is 1. The van der Waals surface area contributed by atoms with Crippen LogP contribution in [-0.2, 0) is 6.42 Å². The number of rotatable bonds is 6. The number of nitrogens with one attached hydrogen (secondary N) is 2. The topological polar surface area (TPSA) is 102 Å². The summed E-state index contributed by atoms with van der Waals surface area (Å²) in [5.74, 6) is 0.847. The standard InChI is InChI=1S/C19H21N5O3/c1-12-9-17(25)23-19(22-12)24-13(2)16(11-21-24)18(26)20-8-7-14-5-4-6-15(10-14)27-3/h4-6,9-11H,7-8H2,1-3H3,(H,20,26)(H,22,23,25). The van der Waals surface area contributed by atoms with Crippen molar-refractivity contribution >= 4 is 5.91 Å². The number of amides is 1. The second-order valence-corrected chi connectivity index (χ2v) is 6.12. The van der Waals surface area contributed by atoms with Gasteiger partial charge >= 0.3 is 0 Å². The molecule has 0 bridgehead atoms. The van der Waals surface area contributed by atoms with Crippen molar-refractivity contribution in [2.75, 3.05) is 13.7 Å². The smallest absolute Gasteiger partial charge is 0.254 e. The van der Waals surface area contributed by atoms with E-state index in [-0.39, 0.29) is 17.4 Å². The Kier molecular flexibility index (Phi) is 5.35. The van der Waals surface area contributed by atoms with E-state index in [9.17, 15) is 9.59 Å². The SMILES string of the molecule is COc1cccc(CCNC(=O)c2cnn(-c3nc(C)cc(=O)[nH]3)c2C)c1. The second-order valence-electron chi connectivity index (χ2n) is 6.12. The van der Waals surface area contributed by atoms with Crippen molar-refractivity contribution in [3.8, 4) is 11.7 Å². The normalized spacial score (nSPS) is 10.6. The zero-order valence-electron chi connectivity index (χ0n) is 15.4. The summed E-state index contributed by atoms with van der Waals surface area (Å²) in [7, 11) is 1.62. The lowest BCUT2D eigenvalue weighted by Gasteiger charge is -2.07. The van der Waals surface area contributed by atoms with E-state index in [1.54, 1.807) is 21.0 Å². The quantitative estimate of drug-likeness (QED) is 0.688. The molecule has 3 rings (SSSR count). The van der Waals surface area contributed by atoms with Gasteiger partial charge in [0.05, 0.1) is 24.6 Å². The van der Waals surface area contributed by atoms with Gasteiger partial charge in [0.15, 0.2) is 0 Å². The molecular weight excluding hydrogens is 346 g/mol. The summed E-state index contributed by atoms with van der Waals surface area (Å²) < 4.78 is 6.65. The molecule has 2 heterocycles. The molecule has 2 aromatic heterocycles. The average Bonchev–Trinajstić information content (AvgIpc) is 3.02. The number of aromatic nitrogens is 4. The maximum atomic E-state index is 12.5. The van der Waals surface area contributed by atoms with Crippen LogP contribution in [0.2, 0.25) is 0 Å². The summed E-state index contributed by atoms with van der Waals surface area (Å²) >= 11 is 0. The van der Waals surface area contributed by atoms with Gasteiger partial charge in [-0.05, 0) is 38.0 Å². The molecule has 3 aromatic rings. The van der Waals surface area contributed by atoms with Crippen molar-refractivity contribution in [2.45, 2.75) is 20.3 Å². The Bertz CT molecular complexity index is 1020. The molecule has 0 unspecified atom stereocenters. The molecule has 140 valence electrons. The lowest BCUT2D eigenvalue weighted by atomic mass is 10.1. The number of aryl methyl sites for hydroxylation is 1. The van der Waals surface area contributed by atoms with E-state index in [1.807, 2.05) is 24.3 Å². The van der Waals surface area contributed by atoms with E-state index < -0.39 is 0 Å². The first kappa shape index (κ1) is 18.4. The van der Waals surface area contributed by atoms with E-state index in [4.69, 9.17) is 4.74 Å². The van der Waals surface area contributed by atoms with Crippen molar-refractivity contribution in [3.63, 3.8) is 0 Å². The van der Waals surface area contributed by atoms with Crippen LogP contribution in [0.25, 0.3) is 5.95 Å². The zero-order chi connectivity index (χ0) is 19.4. The van der Waals surface area contributed by atoms with Crippen molar-refractivity contribution in [3.05, 3.63) is 69.4 Å². The molecule has 0 fully saturated rings. The van der Waals surface area contributed by atoms with Gasteiger partial charge in [0.2, 0.25) is 5.95 Å². The van der Waals surface area contributed by atoms with Crippen molar-refractivity contribution in [1.82, 2.24) is 25.1 Å². The van der Waals surface area contributed by atoms with Gasteiger partial charge in [-0.15, -0.1) is 0 Å². The predicted molar refractivity (Wildman–Crippen MR) is 100 cm³/mol. The molecular formula is C19H21N5O3. The highest BCUT2D eigenvalue weighted by Gasteiger charge is 2.16. The number of benzene rings is 1. The maximum Gasteiger partial charge on any atom is 0.254 e. The fraction of sp³-hybridized carbons (Fsp3) is 0.263. The number of nitrogens with zero attached hydrogens (tertiary/aromatic N) is 3. The third-order valence-electron chi connectivity index (χ3n) is 4.15. The number of ether oxygens (including phenoxy) is 1. The molecule has 1 aromatic carbocycles. The maximum absolute atomic E-state index is 12.5. The van der Waals surface area contributed by atoms with Gasteiger partial charge in [0, 0.05) is 18.3 Å². The van der Waals surface area contributed by atoms with Gasteiger partial charge in [-0.1, -0.05) is 12.1 Å². The molecule has 0 aliphatic heterocycles. The van der Waals surface area contributed by atoms with Crippen molar-refractivity contribution in [1.29, 1.82) is 0 Å². The van der Waals surface area contributed by atoms with Crippen LogP contribution in [0.15, 0.2) is 41.3 Å². The molecule has 27 heavy (non-hydrogen) atoms. The summed E-state index contributed by atoms with van der Waals surface area (Å²) in [5, 5.41) is 7.07. The third kappa shape index (κ3) is 4.22. The van der Waals surface area contributed by atoms with Crippen LogP contribution in [-0.4, -0.2) is 39.3 Å². The molecule has 0 radical (unpaired) electrons. The first-order valence-electron chi connectivity index (χ1n) is 8.52. The largest absolute Gasteiger partial charge is 0.497 e. The number of H-pyrrole nitrogens is 1. The Hall–Kier alpha value is -3.42. The molecule has 0 aliphatic rings. The Labute approximate surface area is 156 Å². The minimum Gasteiger partial charge on any atom is -0.497 e. The van der Waals surface area contributed by atoms with E-state index in [0.717, 1.165) is 11.3 Å². The van der Waals surface area contributed by atoms with Gasteiger partial charge in [0.25, 0.3) is 11.5 Å². The number of hydrogen-bond donors (Lipinski definition) is 2. The van der Waals surface area contributed by atoms with Crippen molar-refractivity contribution < 1.29 is 9.53 Å². The van der Waals surface area contributed by atoms with Crippen LogP contribution in [0.1, 0.15) is 27.3 Å². The molecule has 8 heteroatoms. The highest BCUT2D eigenvalue weighted by Crippen LogP contribution is 2.13. The molecule has 2 N–H and O–H groups in total. The van der Waals surface area contributed by atoms with Gasteiger partial charge in [0.1, 0.15) is 5.75 Å². The highest BCUT2D eigenvalue weighted by atomic mass is 16.5. The first-order chi connectivity index (χ1) is 13.0. The summed E-state index contributed by atoms with van der Waals surface area (Å²) in [4.78, 5) is 31.0. The lowest BCUT2D eigenvalue weighted by Crippen LogP contribution is -2.26. The minimum absolute atomic E-state index is 0.225. The molecule has 0 atom stereocenters. The Balaban J connectivity index is 1.68. The average molecular weight is 367 g/mol. The van der Waals surface area contributed by atoms with E-state index in [0.29, 0.717) is 29.9 Å². The Morgan fingerprint density at radius 2 is 2.11 bits per heavy atom. The predicted octanol–water partition coefficient (Wildman–Crippen LogP) is 1.55. The lowest BCUT2D eigenvalue weighted by molar-refractivity contribution is 0.0953. The molecule has 0 saturated carbocycles. The van der Waals surface area contributed by atoms with E-state index in [1.165, 1.54) is 16.9 Å². The fourth-order valence-corrected chi connectivity index (χ4v) is 2.75. The monoisotopic (exact) mass is 367 g/mol. The van der Waals surface area contributed by atoms with Crippen LogP contribution in [0.4, 0.5) is 0 Å². The number of aromatic amines is 1. The van der Waals surface area contributed by atoms with Gasteiger partial charge in [-0.2, -0.15) is 5.10 Å². The summed E-state index contributed by atoms with van der Waals surface area (Å²) in [6, 6.07) is 9.12. The van der Waals surface area contributed by atoms with Gasteiger partial charge in [-0.25, -0.2) is 9.67 Å². The van der Waals surface area contributed by atoms with Crippen LogP contribution in [0.3, 0.4) is 0 Å². The zero-order valence-corrected chi connectivity index (χ0v) is 15.4. The molecule has 0 saturated heterocycles. The van der Waals surface area contributed by atoms with E-state index in [2.05, 4.69) is 20.4 Å². The summed E-state index contributed by atoms with van der Waals surface area (Å²) in [6.07, 6.45) is 2.15. The van der Waals surface area contributed by atoms with Crippen LogP contribution < -0.4 is 15.6 Å². The molecule has 0 spiro atoms. The fourth-order valence-electron chi connectivity index (χ4n) is 2.75. The number of methoxy groups -OCH3 is 1. The minimum atomic E-state index is -0.267. The van der Waals surface area contributed by atoms with Gasteiger partial charge in [-0.3, -0.25) is 14.6 Å². The summed E-state index contributed by atoms with van der Waals surface area (Å²) in [6.45, 7) is 3.96. The third-order valence-corrected chi connectivity index (χ3v) is 4.15.